The normalized spacial score (nSPS) is 10.8. The first kappa shape index (κ1) is 9.52. The molecule has 0 saturated carbocycles. The average molecular weight is 258 g/mol. The van der Waals surface area contributed by atoms with Crippen molar-refractivity contribution in [3.8, 4) is 0 Å². The monoisotopic (exact) mass is 257 g/mol. The highest BCUT2D eigenvalue weighted by molar-refractivity contribution is 9.08. The molecule has 0 aliphatic heterocycles. The number of hydrogen-bond donors (Lipinski definition) is 0. The van der Waals surface area contributed by atoms with Crippen molar-refractivity contribution in [2.24, 2.45) is 0 Å². The van der Waals surface area contributed by atoms with Gasteiger partial charge in [-0.3, -0.25) is 4.98 Å². The molecule has 0 unspecified atom stereocenters. The van der Waals surface area contributed by atoms with E-state index >= 15 is 0 Å². The van der Waals surface area contributed by atoms with Crippen LogP contribution in [0.3, 0.4) is 0 Å². The molecule has 0 atom stereocenters. The van der Waals surface area contributed by atoms with E-state index in [0.717, 1.165) is 0 Å². The number of nitrogens with zero attached hydrogens (tertiary/aromatic N) is 1. The third kappa shape index (κ3) is 1.39. The second-order valence-corrected chi connectivity index (χ2v) is 3.42. The van der Waals surface area contributed by atoms with Gasteiger partial charge >= 0.3 is 0 Å². The van der Waals surface area contributed by atoms with Gasteiger partial charge in [0.05, 0.1) is 5.52 Å². The van der Waals surface area contributed by atoms with Crippen molar-refractivity contribution < 1.29 is 8.78 Å². The van der Waals surface area contributed by atoms with E-state index in [4.69, 9.17) is 0 Å². The van der Waals surface area contributed by atoms with E-state index in [1.807, 2.05) is 0 Å². The summed E-state index contributed by atoms with van der Waals surface area (Å²) in [4.78, 5) is 3.88. The van der Waals surface area contributed by atoms with Crippen molar-refractivity contribution in [2.45, 2.75) is 5.33 Å². The minimum Gasteiger partial charge on any atom is -0.256 e. The van der Waals surface area contributed by atoms with Crippen LogP contribution in [0.5, 0.6) is 0 Å². The molecule has 1 aromatic heterocycles. The Morgan fingerprint density at radius 2 is 2.14 bits per heavy atom. The van der Waals surface area contributed by atoms with Gasteiger partial charge in [0.15, 0.2) is 0 Å². The van der Waals surface area contributed by atoms with Gasteiger partial charge in [0.25, 0.3) is 0 Å². The number of pyridine rings is 1. The number of aromatic nitrogens is 1. The average Bonchev–Trinajstić information content (AvgIpc) is 2.18. The third-order valence-corrected chi connectivity index (χ3v) is 2.59. The zero-order valence-electron chi connectivity index (χ0n) is 7.10. The van der Waals surface area contributed by atoms with Crippen molar-refractivity contribution in [1.29, 1.82) is 0 Å². The maximum Gasteiger partial charge on any atom is 0.139 e. The van der Waals surface area contributed by atoms with Crippen LogP contribution in [0.2, 0.25) is 0 Å². The Balaban J connectivity index is 2.86. The summed E-state index contributed by atoms with van der Waals surface area (Å²) in [6.45, 7) is 0. The first-order chi connectivity index (χ1) is 6.74. The fraction of sp³-hybridized carbons (Fsp3) is 0.100. The SMILES string of the molecule is Fc1cc2ncccc2c(F)c1CBr. The molecule has 0 radical (unpaired) electrons. The van der Waals surface area contributed by atoms with Gasteiger partial charge in [-0.2, -0.15) is 0 Å². The molecule has 1 aromatic carbocycles. The Bertz CT molecular complexity index is 485. The highest BCUT2D eigenvalue weighted by Crippen LogP contribution is 2.23. The van der Waals surface area contributed by atoms with Crippen molar-refractivity contribution in [2.75, 3.05) is 0 Å². The molecule has 14 heavy (non-hydrogen) atoms. The Kier molecular flexibility index (Phi) is 2.46. The van der Waals surface area contributed by atoms with Gasteiger partial charge < -0.3 is 0 Å². The number of hydrogen-bond acceptors (Lipinski definition) is 1. The number of benzene rings is 1. The van der Waals surface area contributed by atoms with Crippen LogP contribution in [-0.2, 0) is 5.33 Å². The van der Waals surface area contributed by atoms with Crippen LogP contribution in [0.25, 0.3) is 10.9 Å². The topological polar surface area (TPSA) is 12.9 Å². The fourth-order valence-corrected chi connectivity index (χ4v) is 1.83. The summed E-state index contributed by atoms with van der Waals surface area (Å²) in [5, 5.41) is 0.513. The fourth-order valence-electron chi connectivity index (χ4n) is 1.32. The summed E-state index contributed by atoms with van der Waals surface area (Å²) in [6.07, 6.45) is 1.51. The lowest BCUT2D eigenvalue weighted by Crippen LogP contribution is -1.94. The molecule has 0 aliphatic rings. The Morgan fingerprint density at radius 3 is 2.86 bits per heavy atom. The van der Waals surface area contributed by atoms with E-state index in [1.165, 1.54) is 12.3 Å². The van der Waals surface area contributed by atoms with Crippen LogP contribution in [0.4, 0.5) is 8.78 Å². The van der Waals surface area contributed by atoms with Crippen molar-refractivity contribution in [3.63, 3.8) is 0 Å². The first-order valence-corrected chi connectivity index (χ1v) is 5.13. The minimum atomic E-state index is -0.564. The van der Waals surface area contributed by atoms with E-state index in [9.17, 15) is 8.78 Å². The molecular weight excluding hydrogens is 252 g/mol. The Morgan fingerprint density at radius 1 is 1.36 bits per heavy atom. The molecule has 72 valence electrons. The predicted molar refractivity (Wildman–Crippen MR) is 54.3 cm³/mol. The molecule has 0 saturated heterocycles. The van der Waals surface area contributed by atoms with E-state index in [1.54, 1.807) is 12.1 Å². The van der Waals surface area contributed by atoms with Crippen LogP contribution in [0.15, 0.2) is 24.4 Å². The van der Waals surface area contributed by atoms with E-state index in [2.05, 4.69) is 20.9 Å². The van der Waals surface area contributed by atoms with Gasteiger partial charge in [-0.1, -0.05) is 15.9 Å². The second kappa shape index (κ2) is 3.61. The largest absolute Gasteiger partial charge is 0.256 e. The molecule has 0 amide bonds. The minimum absolute atomic E-state index is 0.0468. The van der Waals surface area contributed by atoms with Gasteiger partial charge in [0.2, 0.25) is 0 Å². The number of rotatable bonds is 1. The molecule has 1 heterocycles. The molecule has 0 fully saturated rings. The highest BCUT2D eigenvalue weighted by Gasteiger charge is 2.12. The van der Waals surface area contributed by atoms with Crippen LogP contribution in [0, 0.1) is 11.6 Å². The summed E-state index contributed by atoms with van der Waals surface area (Å²) in [6, 6.07) is 4.46. The number of fused-ring (bicyclic) bond motifs is 1. The molecule has 2 aromatic rings. The summed E-state index contributed by atoms with van der Waals surface area (Å²) >= 11 is 3.04. The predicted octanol–water partition coefficient (Wildman–Crippen LogP) is 3.41. The van der Waals surface area contributed by atoms with Crippen molar-refractivity contribution >= 4 is 26.8 Å². The van der Waals surface area contributed by atoms with Gasteiger partial charge in [-0.25, -0.2) is 8.78 Å². The summed E-state index contributed by atoms with van der Waals surface area (Å²) in [5.41, 5.74) is 0.387. The maximum absolute atomic E-state index is 13.6. The molecule has 0 bridgehead atoms. The summed E-state index contributed by atoms with van der Waals surface area (Å²) < 4.78 is 26.9. The highest BCUT2D eigenvalue weighted by atomic mass is 79.9. The smallest absolute Gasteiger partial charge is 0.139 e. The van der Waals surface area contributed by atoms with Gasteiger partial charge in [-0.05, 0) is 12.1 Å². The van der Waals surface area contributed by atoms with Crippen LogP contribution in [0.1, 0.15) is 5.56 Å². The zero-order valence-corrected chi connectivity index (χ0v) is 8.68. The van der Waals surface area contributed by atoms with E-state index in [-0.39, 0.29) is 10.9 Å². The molecule has 0 N–H and O–H groups in total. The van der Waals surface area contributed by atoms with Gasteiger partial charge in [-0.15, -0.1) is 0 Å². The Labute approximate surface area is 87.9 Å². The lowest BCUT2D eigenvalue weighted by atomic mass is 10.1. The van der Waals surface area contributed by atoms with Crippen LogP contribution >= 0.6 is 15.9 Å². The van der Waals surface area contributed by atoms with Crippen LogP contribution < -0.4 is 0 Å². The summed E-state index contributed by atoms with van der Waals surface area (Å²) in [7, 11) is 0. The maximum atomic E-state index is 13.6. The molecular formula is C10H6BrF2N. The van der Waals surface area contributed by atoms with Crippen LogP contribution in [-0.4, -0.2) is 4.98 Å². The molecule has 2 rings (SSSR count). The summed E-state index contributed by atoms with van der Waals surface area (Å²) in [5.74, 6) is -1.10. The Hall–Kier alpha value is -1.03. The zero-order chi connectivity index (χ0) is 10.1. The van der Waals surface area contributed by atoms with Crippen molar-refractivity contribution in [1.82, 2.24) is 4.98 Å². The molecule has 4 heteroatoms. The van der Waals surface area contributed by atoms with Crippen molar-refractivity contribution in [3.05, 3.63) is 41.6 Å². The molecule has 1 nitrogen and oxygen atoms in total. The quantitative estimate of drug-likeness (QED) is 0.714. The molecule has 0 aliphatic carbocycles. The molecule has 0 spiro atoms. The van der Waals surface area contributed by atoms with Gasteiger partial charge in [0.1, 0.15) is 11.6 Å². The second-order valence-electron chi connectivity index (χ2n) is 2.85. The van der Waals surface area contributed by atoms with E-state index in [0.29, 0.717) is 10.9 Å². The third-order valence-electron chi connectivity index (χ3n) is 2.03. The standard InChI is InChI=1S/C10H6BrF2N/c11-5-7-8(12)4-9-6(10(7)13)2-1-3-14-9/h1-4H,5H2. The first-order valence-electron chi connectivity index (χ1n) is 4.01. The lowest BCUT2D eigenvalue weighted by Gasteiger charge is -2.04. The number of alkyl halides is 1. The lowest BCUT2D eigenvalue weighted by molar-refractivity contribution is 0.575. The number of halogens is 3. The van der Waals surface area contributed by atoms with E-state index < -0.39 is 11.6 Å². The van der Waals surface area contributed by atoms with Gasteiger partial charge in [0, 0.05) is 28.5 Å².